The molecule has 0 amide bonds. The number of nitrogens with zero attached hydrogens (tertiary/aromatic N) is 1. The van der Waals surface area contributed by atoms with Crippen molar-refractivity contribution in [1.29, 1.82) is 0 Å². The van der Waals surface area contributed by atoms with Crippen LogP contribution in [-0.2, 0) is 19.6 Å². The Hall–Kier alpha value is -0.820. The van der Waals surface area contributed by atoms with E-state index in [-0.39, 0.29) is 26.9 Å². The third-order valence-corrected chi connectivity index (χ3v) is 7.64. The highest BCUT2D eigenvalue weighted by Crippen LogP contribution is 2.43. The molecule has 3 rings (SSSR count). The quantitative estimate of drug-likeness (QED) is 0.739. The number of methoxy groups -OCH3 is 1. The Labute approximate surface area is 151 Å². The van der Waals surface area contributed by atoms with Crippen molar-refractivity contribution in [3.8, 4) is 0 Å². The Morgan fingerprint density at radius 3 is 2.58 bits per heavy atom. The van der Waals surface area contributed by atoms with Crippen molar-refractivity contribution < 1.29 is 17.9 Å². The average molecular weight is 392 g/mol. The van der Waals surface area contributed by atoms with Gasteiger partial charge in [-0.2, -0.15) is 4.31 Å². The molecule has 132 valence electrons. The zero-order valence-corrected chi connectivity index (χ0v) is 15.6. The van der Waals surface area contributed by atoms with Gasteiger partial charge in [-0.05, 0) is 43.4 Å². The van der Waals surface area contributed by atoms with Gasteiger partial charge in [0.05, 0.1) is 22.1 Å². The number of ether oxygens (including phenoxy) is 1. The molecule has 3 atom stereocenters. The predicted octanol–water partition coefficient (Wildman–Crippen LogP) is 3.49. The van der Waals surface area contributed by atoms with Crippen molar-refractivity contribution in [1.82, 2.24) is 4.31 Å². The normalized spacial score (nSPS) is 27.7. The minimum atomic E-state index is -3.86. The molecule has 0 unspecified atom stereocenters. The number of fused-ring (bicyclic) bond motifs is 1. The number of sulfonamides is 1. The zero-order chi connectivity index (χ0) is 17.5. The van der Waals surface area contributed by atoms with Gasteiger partial charge in [-0.1, -0.05) is 36.0 Å². The summed E-state index contributed by atoms with van der Waals surface area (Å²) < 4.78 is 32.6. The maximum Gasteiger partial charge on any atom is 0.324 e. The van der Waals surface area contributed by atoms with Crippen molar-refractivity contribution in [3.05, 3.63) is 28.2 Å². The van der Waals surface area contributed by atoms with Gasteiger partial charge >= 0.3 is 5.97 Å². The van der Waals surface area contributed by atoms with Crippen LogP contribution in [0.15, 0.2) is 23.1 Å². The second-order valence-electron chi connectivity index (χ2n) is 6.30. The van der Waals surface area contributed by atoms with Crippen molar-refractivity contribution in [2.45, 2.75) is 49.1 Å². The monoisotopic (exact) mass is 391 g/mol. The first-order valence-corrected chi connectivity index (χ1v) is 10.1. The topological polar surface area (TPSA) is 63.7 Å². The second kappa shape index (κ2) is 6.83. The molecule has 1 saturated carbocycles. The molecular formula is C16H19Cl2NO4S. The molecule has 8 heteroatoms. The molecule has 1 aliphatic carbocycles. The molecule has 1 aliphatic heterocycles. The van der Waals surface area contributed by atoms with Gasteiger partial charge in [0.2, 0.25) is 10.0 Å². The fourth-order valence-electron chi connectivity index (χ4n) is 3.86. The minimum Gasteiger partial charge on any atom is -0.468 e. The van der Waals surface area contributed by atoms with Gasteiger partial charge in [0.1, 0.15) is 6.04 Å². The van der Waals surface area contributed by atoms with Crippen LogP contribution in [0.1, 0.15) is 32.1 Å². The van der Waals surface area contributed by atoms with Crippen molar-refractivity contribution in [3.63, 3.8) is 0 Å². The average Bonchev–Trinajstić information content (AvgIpc) is 2.96. The summed E-state index contributed by atoms with van der Waals surface area (Å²) in [7, 11) is -2.58. The molecule has 0 aromatic heterocycles. The number of hydrogen-bond acceptors (Lipinski definition) is 4. The van der Waals surface area contributed by atoms with E-state index in [1.807, 2.05) is 0 Å². The molecule has 0 N–H and O–H groups in total. The lowest BCUT2D eigenvalue weighted by Crippen LogP contribution is -2.46. The summed E-state index contributed by atoms with van der Waals surface area (Å²) in [5, 5.41) is 0.462. The van der Waals surface area contributed by atoms with Crippen molar-refractivity contribution in [2.24, 2.45) is 5.92 Å². The van der Waals surface area contributed by atoms with Crippen LogP contribution < -0.4 is 0 Å². The van der Waals surface area contributed by atoms with Gasteiger partial charge in [-0.3, -0.25) is 4.79 Å². The van der Waals surface area contributed by atoms with Gasteiger partial charge in [0.25, 0.3) is 0 Å². The van der Waals surface area contributed by atoms with Gasteiger partial charge in [0, 0.05) is 6.04 Å². The van der Waals surface area contributed by atoms with Crippen LogP contribution >= 0.6 is 23.2 Å². The van der Waals surface area contributed by atoms with Crippen LogP contribution in [0.4, 0.5) is 0 Å². The minimum absolute atomic E-state index is 0.0528. The third kappa shape index (κ3) is 3.05. The summed E-state index contributed by atoms with van der Waals surface area (Å²) in [5.41, 5.74) is 0. The van der Waals surface area contributed by atoms with E-state index in [0.29, 0.717) is 6.42 Å². The van der Waals surface area contributed by atoms with Crippen molar-refractivity contribution in [2.75, 3.05) is 7.11 Å². The first kappa shape index (κ1) is 18.0. The van der Waals surface area contributed by atoms with E-state index < -0.39 is 22.0 Å². The lowest BCUT2D eigenvalue weighted by Gasteiger charge is -2.32. The summed E-state index contributed by atoms with van der Waals surface area (Å²) >= 11 is 11.9. The van der Waals surface area contributed by atoms with Crippen molar-refractivity contribution >= 4 is 39.2 Å². The van der Waals surface area contributed by atoms with E-state index in [0.717, 1.165) is 25.7 Å². The third-order valence-electron chi connectivity index (χ3n) is 4.97. The van der Waals surface area contributed by atoms with Gasteiger partial charge in [-0.15, -0.1) is 0 Å². The number of rotatable bonds is 3. The molecule has 1 aromatic rings. The summed E-state index contributed by atoms with van der Waals surface area (Å²) in [5.74, 6) is -0.312. The highest BCUT2D eigenvalue weighted by Gasteiger charge is 2.51. The number of carbonyl (C=O) groups excluding carboxylic acids is 1. The fourth-order valence-corrected chi connectivity index (χ4v) is 6.11. The first-order valence-electron chi connectivity index (χ1n) is 7.92. The van der Waals surface area contributed by atoms with Crippen LogP contribution in [0.5, 0.6) is 0 Å². The predicted molar refractivity (Wildman–Crippen MR) is 91.7 cm³/mol. The van der Waals surface area contributed by atoms with E-state index in [1.54, 1.807) is 0 Å². The Kier molecular flexibility index (Phi) is 5.12. The number of esters is 1. The lowest BCUT2D eigenvalue weighted by molar-refractivity contribution is -0.144. The molecule has 5 nitrogen and oxygen atoms in total. The summed E-state index contributed by atoms with van der Waals surface area (Å²) in [6.45, 7) is 0. The number of benzene rings is 1. The Bertz CT molecular complexity index is 752. The smallest absolute Gasteiger partial charge is 0.324 e. The molecule has 2 aliphatic rings. The van der Waals surface area contributed by atoms with E-state index in [9.17, 15) is 13.2 Å². The molecule has 0 radical (unpaired) electrons. The molecule has 1 saturated heterocycles. The van der Waals surface area contributed by atoms with Gasteiger partial charge in [-0.25, -0.2) is 8.42 Å². The SMILES string of the molecule is COC(=O)[C@@H]1C[C@@H]2CCCC[C@H]2N1S(=O)(=O)c1ccc(Cl)c(Cl)c1. The molecule has 24 heavy (non-hydrogen) atoms. The first-order chi connectivity index (χ1) is 11.4. The summed E-state index contributed by atoms with van der Waals surface area (Å²) in [4.78, 5) is 12.2. The van der Waals surface area contributed by atoms with Gasteiger partial charge < -0.3 is 4.74 Å². The molecule has 2 fully saturated rings. The molecule has 1 heterocycles. The second-order valence-corrected chi connectivity index (χ2v) is 8.95. The highest BCUT2D eigenvalue weighted by atomic mass is 35.5. The Balaban J connectivity index is 2.04. The summed E-state index contributed by atoms with van der Waals surface area (Å²) in [6.07, 6.45) is 4.24. The largest absolute Gasteiger partial charge is 0.468 e. The van der Waals surface area contributed by atoms with Crippen LogP contribution in [0.25, 0.3) is 0 Å². The highest BCUT2D eigenvalue weighted by molar-refractivity contribution is 7.89. The zero-order valence-electron chi connectivity index (χ0n) is 13.2. The van der Waals surface area contributed by atoms with E-state index in [1.165, 1.54) is 29.6 Å². The van der Waals surface area contributed by atoms with Gasteiger partial charge in [0.15, 0.2) is 0 Å². The Morgan fingerprint density at radius 1 is 1.21 bits per heavy atom. The molecule has 0 spiro atoms. The number of hydrogen-bond donors (Lipinski definition) is 0. The van der Waals surface area contributed by atoms with E-state index >= 15 is 0 Å². The summed E-state index contributed by atoms with van der Waals surface area (Å²) in [6, 6.07) is 3.28. The van der Waals surface area contributed by atoms with E-state index in [2.05, 4.69) is 0 Å². The number of carbonyl (C=O) groups is 1. The molecular weight excluding hydrogens is 373 g/mol. The fraction of sp³-hybridized carbons (Fsp3) is 0.562. The van der Waals surface area contributed by atoms with E-state index in [4.69, 9.17) is 27.9 Å². The van der Waals surface area contributed by atoms with Crippen LogP contribution in [0.3, 0.4) is 0 Å². The number of halogens is 2. The standard InChI is InChI=1S/C16H19Cl2NO4S/c1-23-16(20)15-8-10-4-2-3-5-14(10)19(15)24(21,22)11-6-7-12(17)13(18)9-11/h6-7,9-10,14-15H,2-5,8H2,1H3/t10-,14+,15-/m0/s1. The molecule has 0 bridgehead atoms. The Morgan fingerprint density at radius 2 is 1.92 bits per heavy atom. The lowest BCUT2D eigenvalue weighted by atomic mass is 9.85. The van der Waals surface area contributed by atoms with Crippen LogP contribution in [0.2, 0.25) is 10.0 Å². The maximum atomic E-state index is 13.2. The maximum absolute atomic E-state index is 13.2. The van der Waals surface area contributed by atoms with Crippen LogP contribution in [-0.4, -0.2) is 37.9 Å². The molecule has 1 aromatic carbocycles. The van der Waals surface area contributed by atoms with Crippen LogP contribution in [0, 0.1) is 5.92 Å².